The Bertz CT molecular complexity index is 404. The Hall–Kier alpha value is -1.16. The molecule has 0 spiro atoms. The van der Waals surface area contributed by atoms with E-state index in [9.17, 15) is 0 Å². The largest absolute Gasteiger partial charge is 0.256 e. The molecule has 0 fully saturated rings. The van der Waals surface area contributed by atoms with Gasteiger partial charge in [0, 0.05) is 12.7 Å². The molecule has 2 rings (SSSR count). The zero-order chi connectivity index (χ0) is 8.39. The number of hydrogen-bond donors (Lipinski definition) is 0. The van der Waals surface area contributed by atoms with Gasteiger partial charge in [-0.25, -0.2) is 0 Å². The first-order valence-electron chi connectivity index (χ1n) is 3.85. The van der Waals surface area contributed by atoms with Gasteiger partial charge in [0.1, 0.15) is 5.65 Å². The van der Waals surface area contributed by atoms with Crippen LogP contribution in [-0.4, -0.2) is 15.3 Å². The fourth-order valence-electron chi connectivity index (χ4n) is 0.989. The van der Waals surface area contributed by atoms with Gasteiger partial charge in [-0.1, -0.05) is 6.07 Å². The van der Waals surface area contributed by atoms with Crippen LogP contribution >= 0.6 is 11.5 Å². The fourth-order valence-corrected chi connectivity index (χ4v) is 1.81. The van der Waals surface area contributed by atoms with Crippen LogP contribution in [0.5, 0.6) is 0 Å². The van der Waals surface area contributed by atoms with Crippen LogP contribution in [0.25, 0.3) is 5.65 Å². The Morgan fingerprint density at radius 2 is 2.50 bits per heavy atom. The quantitative estimate of drug-likeness (QED) is 0.649. The van der Waals surface area contributed by atoms with Crippen LogP contribution in [0.1, 0.15) is 6.92 Å². The Kier molecular flexibility index (Phi) is 1.91. The summed E-state index contributed by atoms with van der Waals surface area (Å²) in [7, 11) is 0. The van der Waals surface area contributed by atoms with Crippen molar-refractivity contribution in [3.63, 3.8) is 0 Å². The van der Waals surface area contributed by atoms with Gasteiger partial charge in [0.2, 0.25) is 4.80 Å². The number of fused-ring (bicyclic) bond motifs is 1. The molecule has 0 amide bonds. The maximum atomic E-state index is 4.32. The van der Waals surface area contributed by atoms with Crippen molar-refractivity contribution >= 4 is 17.2 Å². The van der Waals surface area contributed by atoms with Crippen LogP contribution in [0.2, 0.25) is 0 Å². The van der Waals surface area contributed by atoms with Gasteiger partial charge >= 0.3 is 0 Å². The molecule has 0 saturated heterocycles. The van der Waals surface area contributed by atoms with E-state index in [4.69, 9.17) is 0 Å². The summed E-state index contributed by atoms with van der Waals surface area (Å²) in [6, 6.07) is 5.94. The molecule has 0 saturated carbocycles. The van der Waals surface area contributed by atoms with Crippen molar-refractivity contribution < 1.29 is 0 Å². The average Bonchev–Trinajstić information content (AvgIpc) is 2.47. The van der Waals surface area contributed by atoms with Crippen molar-refractivity contribution in [1.82, 2.24) is 8.77 Å². The molecule has 0 N–H and O–H groups in total. The second kappa shape index (κ2) is 3.06. The number of hydrogen-bond acceptors (Lipinski definition) is 3. The lowest BCUT2D eigenvalue weighted by molar-refractivity contribution is 1.05. The summed E-state index contributed by atoms with van der Waals surface area (Å²) in [6.45, 7) is 2.80. The van der Waals surface area contributed by atoms with Gasteiger partial charge in [-0.05, 0) is 30.6 Å². The van der Waals surface area contributed by atoms with Crippen LogP contribution in [0.4, 0.5) is 0 Å². The van der Waals surface area contributed by atoms with Gasteiger partial charge in [0.25, 0.3) is 0 Å². The second-order valence-electron chi connectivity index (χ2n) is 2.34. The molecule has 0 bridgehead atoms. The van der Waals surface area contributed by atoms with Gasteiger partial charge in [0.05, 0.1) is 0 Å². The van der Waals surface area contributed by atoms with Gasteiger partial charge < -0.3 is 0 Å². The third-order valence-corrected chi connectivity index (χ3v) is 2.38. The van der Waals surface area contributed by atoms with Gasteiger partial charge in [0.15, 0.2) is 0 Å². The van der Waals surface area contributed by atoms with Crippen molar-refractivity contribution in [2.24, 2.45) is 4.99 Å². The van der Waals surface area contributed by atoms with E-state index >= 15 is 0 Å². The SMILES string of the molecule is CCN=c1nc2ccccn2s1. The van der Waals surface area contributed by atoms with Gasteiger partial charge in [-0.15, -0.1) is 0 Å². The van der Waals surface area contributed by atoms with Gasteiger partial charge in [-0.3, -0.25) is 8.78 Å². The average molecular weight is 179 g/mol. The molecule has 0 aliphatic heterocycles. The Morgan fingerprint density at radius 3 is 3.25 bits per heavy atom. The molecular formula is C8H9N3S. The minimum Gasteiger partial charge on any atom is -0.256 e. The summed E-state index contributed by atoms with van der Waals surface area (Å²) in [6.07, 6.45) is 1.99. The van der Waals surface area contributed by atoms with E-state index in [1.165, 1.54) is 0 Å². The maximum Gasteiger partial charge on any atom is 0.223 e. The van der Waals surface area contributed by atoms with Crippen molar-refractivity contribution in [2.45, 2.75) is 6.92 Å². The minimum absolute atomic E-state index is 0.792. The van der Waals surface area contributed by atoms with E-state index in [0.29, 0.717) is 0 Å². The fraction of sp³-hybridized carbons (Fsp3) is 0.250. The smallest absolute Gasteiger partial charge is 0.223 e. The Balaban J connectivity index is 2.70. The van der Waals surface area contributed by atoms with E-state index < -0.39 is 0 Å². The molecule has 0 aliphatic rings. The molecule has 12 heavy (non-hydrogen) atoms. The minimum atomic E-state index is 0.792. The highest BCUT2D eigenvalue weighted by Crippen LogP contribution is 1.98. The van der Waals surface area contributed by atoms with E-state index in [1.54, 1.807) is 11.5 Å². The summed E-state index contributed by atoms with van der Waals surface area (Å²) < 4.78 is 2.01. The number of aromatic nitrogens is 2. The lowest BCUT2D eigenvalue weighted by Gasteiger charge is -1.84. The summed E-state index contributed by atoms with van der Waals surface area (Å²) >= 11 is 1.56. The zero-order valence-corrected chi connectivity index (χ0v) is 7.58. The van der Waals surface area contributed by atoms with Crippen molar-refractivity contribution in [3.8, 4) is 0 Å². The molecule has 0 aliphatic carbocycles. The predicted molar refractivity (Wildman–Crippen MR) is 49.2 cm³/mol. The van der Waals surface area contributed by atoms with Crippen LogP contribution in [-0.2, 0) is 0 Å². The predicted octanol–water partition coefficient (Wildman–Crippen LogP) is 1.32. The second-order valence-corrected chi connectivity index (χ2v) is 3.29. The maximum absolute atomic E-state index is 4.32. The topological polar surface area (TPSA) is 29.7 Å². The lowest BCUT2D eigenvalue weighted by atomic mass is 10.5. The summed E-state index contributed by atoms with van der Waals surface area (Å²) in [5.74, 6) is 0. The summed E-state index contributed by atoms with van der Waals surface area (Å²) in [4.78, 5) is 9.40. The molecular weight excluding hydrogens is 170 g/mol. The third kappa shape index (κ3) is 1.25. The normalized spacial score (nSPS) is 12.6. The highest BCUT2D eigenvalue weighted by Gasteiger charge is 1.93. The van der Waals surface area contributed by atoms with Crippen molar-refractivity contribution in [3.05, 3.63) is 29.2 Å². The number of rotatable bonds is 1. The third-order valence-electron chi connectivity index (χ3n) is 1.49. The molecule has 4 heteroatoms. The van der Waals surface area contributed by atoms with E-state index in [0.717, 1.165) is 17.0 Å². The Morgan fingerprint density at radius 1 is 1.58 bits per heavy atom. The van der Waals surface area contributed by atoms with Crippen LogP contribution in [0.3, 0.4) is 0 Å². The molecule has 2 heterocycles. The van der Waals surface area contributed by atoms with E-state index in [-0.39, 0.29) is 0 Å². The molecule has 2 aromatic rings. The molecule has 0 atom stereocenters. The van der Waals surface area contributed by atoms with E-state index in [2.05, 4.69) is 9.98 Å². The molecule has 0 aromatic carbocycles. The first-order chi connectivity index (χ1) is 5.90. The number of nitrogens with zero attached hydrogens (tertiary/aromatic N) is 3. The molecule has 62 valence electrons. The Labute approximate surface area is 74.2 Å². The highest BCUT2D eigenvalue weighted by molar-refractivity contribution is 7.03. The van der Waals surface area contributed by atoms with E-state index in [1.807, 2.05) is 35.1 Å². The van der Waals surface area contributed by atoms with Crippen LogP contribution < -0.4 is 4.80 Å². The lowest BCUT2D eigenvalue weighted by Crippen LogP contribution is -1.96. The van der Waals surface area contributed by atoms with Crippen LogP contribution in [0.15, 0.2) is 29.4 Å². The van der Waals surface area contributed by atoms with Crippen molar-refractivity contribution in [1.29, 1.82) is 0 Å². The molecule has 3 nitrogen and oxygen atoms in total. The standard InChI is InChI=1S/C8H9N3S/c1-2-9-8-10-7-5-3-4-6-11(7)12-8/h3-6H,2H2,1H3. The van der Waals surface area contributed by atoms with Crippen molar-refractivity contribution in [2.75, 3.05) is 6.54 Å². The highest BCUT2D eigenvalue weighted by atomic mass is 32.1. The monoisotopic (exact) mass is 179 g/mol. The molecule has 0 unspecified atom stereocenters. The first-order valence-corrected chi connectivity index (χ1v) is 4.62. The first kappa shape index (κ1) is 7.49. The number of pyridine rings is 1. The van der Waals surface area contributed by atoms with Crippen LogP contribution in [0, 0.1) is 0 Å². The zero-order valence-electron chi connectivity index (χ0n) is 6.77. The summed E-state index contributed by atoms with van der Waals surface area (Å²) in [5.41, 5.74) is 0.967. The van der Waals surface area contributed by atoms with Gasteiger partial charge in [-0.2, -0.15) is 4.98 Å². The molecule has 0 radical (unpaired) electrons. The molecule has 2 aromatic heterocycles. The summed E-state index contributed by atoms with van der Waals surface area (Å²) in [5, 5.41) is 0.